The summed E-state index contributed by atoms with van der Waals surface area (Å²) in [7, 11) is 1.81. The molecular weight excluding hydrogens is 376 g/mol. The normalized spacial score (nSPS) is 12.0. The zero-order valence-corrected chi connectivity index (χ0v) is 18.7. The Morgan fingerprint density at radius 2 is 2.04 bits per heavy atom. The van der Waals surface area contributed by atoms with E-state index in [2.05, 4.69) is 69.6 Å². The molecule has 2 N–H and O–H groups in total. The number of nitrogens with zero attached hydrogens (tertiary/aromatic N) is 4. The van der Waals surface area contributed by atoms with Crippen molar-refractivity contribution >= 4 is 29.1 Å². The van der Waals surface area contributed by atoms with Crippen LogP contribution < -0.4 is 10.6 Å². The third-order valence-corrected chi connectivity index (χ3v) is 6.01. The van der Waals surface area contributed by atoms with E-state index in [-0.39, 0.29) is 0 Å². The molecule has 0 aliphatic carbocycles. The van der Waals surface area contributed by atoms with E-state index in [1.54, 1.807) is 11.8 Å². The topological polar surface area (TPSA) is 67.1 Å². The molecule has 150 valence electrons. The van der Waals surface area contributed by atoms with Crippen LogP contribution in [0, 0.1) is 5.92 Å². The van der Waals surface area contributed by atoms with Crippen LogP contribution in [-0.4, -0.2) is 40.6 Å². The minimum Gasteiger partial charge on any atom is -0.356 e. The van der Waals surface area contributed by atoms with E-state index in [9.17, 15) is 0 Å². The van der Waals surface area contributed by atoms with Gasteiger partial charge in [-0.25, -0.2) is 0 Å². The monoisotopic (exact) mass is 408 g/mol. The van der Waals surface area contributed by atoms with Gasteiger partial charge in [-0.2, -0.15) is 0 Å². The molecule has 2 heterocycles. The van der Waals surface area contributed by atoms with Gasteiger partial charge in [0.15, 0.2) is 11.1 Å². The Morgan fingerprint density at radius 1 is 1.26 bits per heavy atom. The molecule has 0 aliphatic rings. The number of aliphatic imine (C=N–C) groups is 1. The fourth-order valence-corrected chi connectivity index (χ4v) is 4.18. The molecule has 0 saturated heterocycles. The highest BCUT2D eigenvalue weighted by molar-refractivity contribution is 7.98. The summed E-state index contributed by atoms with van der Waals surface area (Å²) in [6.07, 6.45) is 5.05. The van der Waals surface area contributed by atoms with Gasteiger partial charge in [0, 0.05) is 36.3 Å². The molecule has 2 rings (SSSR count). The lowest BCUT2D eigenvalue weighted by Gasteiger charge is -2.13. The van der Waals surface area contributed by atoms with E-state index >= 15 is 0 Å². The summed E-state index contributed by atoms with van der Waals surface area (Å²) in [5.74, 6) is 2.50. The van der Waals surface area contributed by atoms with Gasteiger partial charge in [-0.3, -0.25) is 4.99 Å². The molecule has 0 unspecified atom stereocenters. The molecule has 0 atom stereocenters. The van der Waals surface area contributed by atoms with E-state index < -0.39 is 0 Å². The van der Waals surface area contributed by atoms with Gasteiger partial charge in [0.1, 0.15) is 5.82 Å². The average molecular weight is 409 g/mol. The van der Waals surface area contributed by atoms with Gasteiger partial charge in [0.25, 0.3) is 0 Å². The molecule has 0 aliphatic heterocycles. The average Bonchev–Trinajstić information content (AvgIpc) is 3.27. The lowest BCUT2D eigenvalue weighted by Crippen LogP contribution is -2.37. The van der Waals surface area contributed by atoms with Crippen molar-refractivity contribution in [2.24, 2.45) is 10.9 Å². The predicted octanol–water partition coefficient (Wildman–Crippen LogP) is 3.58. The number of hydrogen-bond donors (Lipinski definition) is 2. The second-order valence-corrected chi connectivity index (χ2v) is 8.81. The first-order chi connectivity index (χ1) is 13.1. The highest BCUT2D eigenvalue weighted by Crippen LogP contribution is 2.17. The maximum atomic E-state index is 4.38. The molecule has 0 bridgehead atoms. The van der Waals surface area contributed by atoms with Gasteiger partial charge >= 0.3 is 0 Å². The zero-order valence-electron chi connectivity index (χ0n) is 17.1. The minimum atomic E-state index is 0.581. The molecular formula is C19H32N6S2. The highest BCUT2D eigenvalue weighted by Gasteiger charge is 2.12. The second kappa shape index (κ2) is 11.3. The van der Waals surface area contributed by atoms with E-state index in [0.29, 0.717) is 5.92 Å². The van der Waals surface area contributed by atoms with Crippen LogP contribution in [0.15, 0.2) is 22.3 Å². The predicted molar refractivity (Wildman–Crippen MR) is 117 cm³/mol. The minimum absolute atomic E-state index is 0.581. The number of aryl methyl sites for hydroxylation is 2. The first-order valence-corrected chi connectivity index (χ1v) is 11.6. The molecule has 0 aromatic carbocycles. The number of thiophene rings is 1. The molecule has 8 heteroatoms. The zero-order chi connectivity index (χ0) is 19.6. The van der Waals surface area contributed by atoms with E-state index in [4.69, 9.17) is 0 Å². The van der Waals surface area contributed by atoms with Crippen LogP contribution in [0.2, 0.25) is 0 Å². The number of hydrogen-bond acceptors (Lipinski definition) is 5. The number of thioether (sulfide) groups is 1. The molecule has 2 aromatic rings. The van der Waals surface area contributed by atoms with Crippen molar-refractivity contribution in [1.29, 1.82) is 0 Å². The van der Waals surface area contributed by atoms with E-state index in [1.807, 2.05) is 18.4 Å². The van der Waals surface area contributed by atoms with Crippen LogP contribution in [0.5, 0.6) is 0 Å². The van der Waals surface area contributed by atoms with Gasteiger partial charge in [-0.1, -0.05) is 32.5 Å². The summed E-state index contributed by atoms with van der Waals surface area (Å²) in [6, 6.07) is 4.39. The van der Waals surface area contributed by atoms with Crippen molar-refractivity contribution < 1.29 is 0 Å². The summed E-state index contributed by atoms with van der Waals surface area (Å²) in [6.45, 7) is 9.27. The first-order valence-electron chi connectivity index (χ1n) is 9.55. The van der Waals surface area contributed by atoms with Crippen LogP contribution in [0.4, 0.5) is 0 Å². The first kappa shape index (κ1) is 21.8. The van der Waals surface area contributed by atoms with Crippen LogP contribution in [-0.2, 0) is 25.9 Å². The Kier molecular flexibility index (Phi) is 9.14. The lowest BCUT2D eigenvalue weighted by atomic mass is 10.2. The molecule has 0 amide bonds. The number of guanidine groups is 1. The van der Waals surface area contributed by atoms with Crippen molar-refractivity contribution in [3.63, 3.8) is 0 Å². The molecule has 0 saturated carbocycles. The third kappa shape index (κ3) is 6.84. The number of aromatic nitrogens is 3. The quantitative estimate of drug-likeness (QED) is 0.272. The Hall–Kier alpha value is -1.54. The van der Waals surface area contributed by atoms with Gasteiger partial charge in [-0.15, -0.1) is 21.5 Å². The summed E-state index contributed by atoms with van der Waals surface area (Å²) in [5.41, 5.74) is 0. The lowest BCUT2D eigenvalue weighted by molar-refractivity contribution is 0.477. The molecule has 2 aromatic heterocycles. The maximum absolute atomic E-state index is 4.38. The molecule has 27 heavy (non-hydrogen) atoms. The fraction of sp³-hybridized carbons (Fsp3) is 0.632. The standard InChI is InChI=1S/C19H32N6S2/c1-6-15-9-10-16(27-15)12-22-18(20-4)21-11-7-8-17-23-24-19(26-5)25(17)13-14(2)3/h9-10,14H,6-8,11-13H2,1-5H3,(H2,20,21,22). The van der Waals surface area contributed by atoms with Gasteiger partial charge in [-0.05, 0) is 37.1 Å². The second-order valence-electron chi connectivity index (χ2n) is 6.79. The van der Waals surface area contributed by atoms with Crippen molar-refractivity contribution in [1.82, 2.24) is 25.4 Å². The van der Waals surface area contributed by atoms with Crippen molar-refractivity contribution in [2.45, 2.75) is 58.3 Å². The smallest absolute Gasteiger partial charge is 0.191 e. The van der Waals surface area contributed by atoms with Gasteiger partial charge < -0.3 is 15.2 Å². The van der Waals surface area contributed by atoms with Gasteiger partial charge in [0.05, 0.1) is 6.54 Å². The summed E-state index contributed by atoms with van der Waals surface area (Å²) in [5, 5.41) is 16.5. The summed E-state index contributed by atoms with van der Waals surface area (Å²) < 4.78 is 2.25. The Labute approximate surface area is 171 Å². The van der Waals surface area contributed by atoms with Crippen molar-refractivity contribution in [3.05, 3.63) is 27.7 Å². The molecule has 0 radical (unpaired) electrons. The molecule has 0 fully saturated rings. The van der Waals surface area contributed by atoms with Gasteiger partial charge in [0.2, 0.25) is 0 Å². The fourth-order valence-electron chi connectivity index (χ4n) is 2.76. The van der Waals surface area contributed by atoms with Crippen LogP contribution in [0.1, 0.15) is 42.8 Å². The van der Waals surface area contributed by atoms with E-state index in [1.165, 1.54) is 9.75 Å². The van der Waals surface area contributed by atoms with Crippen LogP contribution in [0.25, 0.3) is 0 Å². The van der Waals surface area contributed by atoms with Crippen molar-refractivity contribution in [2.75, 3.05) is 19.8 Å². The SMILES string of the molecule is CCc1ccc(CNC(=NC)NCCCc2nnc(SC)n2CC(C)C)s1. The van der Waals surface area contributed by atoms with Crippen LogP contribution in [0.3, 0.4) is 0 Å². The maximum Gasteiger partial charge on any atom is 0.191 e. The summed E-state index contributed by atoms with van der Waals surface area (Å²) >= 11 is 3.52. The van der Waals surface area contributed by atoms with E-state index in [0.717, 1.165) is 55.8 Å². The Bertz CT molecular complexity index is 720. The third-order valence-electron chi connectivity index (χ3n) is 4.11. The highest BCUT2D eigenvalue weighted by atomic mass is 32.2. The number of nitrogens with one attached hydrogen (secondary N) is 2. The van der Waals surface area contributed by atoms with Crippen molar-refractivity contribution in [3.8, 4) is 0 Å². The summed E-state index contributed by atoms with van der Waals surface area (Å²) in [4.78, 5) is 7.07. The van der Waals surface area contributed by atoms with Crippen LogP contribution >= 0.6 is 23.1 Å². The Balaban J connectivity index is 1.77. The Morgan fingerprint density at radius 3 is 2.67 bits per heavy atom. The molecule has 0 spiro atoms. The number of rotatable bonds is 10. The molecule has 6 nitrogen and oxygen atoms in total. The largest absolute Gasteiger partial charge is 0.356 e.